The molecule has 5 rings (SSSR count). The first kappa shape index (κ1) is 21.9. The van der Waals surface area contributed by atoms with Gasteiger partial charge in [-0.3, -0.25) is 0 Å². The lowest BCUT2D eigenvalue weighted by atomic mass is 9.93. The molecule has 8 heteroatoms. The van der Waals surface area contributed by atoms with Crippen molar-refractivity contribution >= 4 is 16.9 Å². The van der Waals surface area contributed by atoms with E-state index in [-0.39, 0.29) is 11.6 Å². The molecule has 2 aromatic heterocycles. The Morgan fingerprint density at radius 2 is 1.91 bits per heavy atom. The maximum Gasteiger partial charge on any atom is 0.166 e. The van der Waals surface area contributed by atoms with E-state index in [4.69, 9.17) is 10.5 Å². The molecule has 7 nitrogen and oxygen atoms in total. The van der Waals surface area contributed by atoms with E-state index in [1.807, 2.05) is 25.2 Å². The molecule has 0 atom stereocenters. The highest BCUT2D eigenvalue weighted by Gasteiger charge is 2.27. The molecule has 1 aliphatic heterocycles. The van der Waals surface area contributed by atoms with E-state index in [0.717, 1.165) is 0 Å². The standard InChI is InChI=1S/C26H24FN5O2/c1-32-20(9-10-26(33)11-13-29-14-12-26)22(23-24(28)30-16-31-25(23)32)17-7-8-21(19(27)15-17)34-18-5-3-2-4-6-18/h2-8,15-16,29,33H,11-14H2,1H3,(H2,28,30,31). The van der Waals surface area contributed by atoms with Crippen molar-refractivity contribution in [3.63, 3.8) is 0 Å². The van der Waals surface area contributed by atoms with Gasteiger partial charge in [0.15, 0.2) is 11.6 Å². The van der Waals surface area contributed by atoms with E-state index >= 15 is 4.39 Å². The second-order valence-electron chi connectivity index (χ2n) is 8.33. The zero-order valence-electron chi connectivity index (χ0n) is 18.7. The number of halogens is 1. The number of fused-ring (bicyclic) bond motifs is 1. The summed E-state index contributed by atoms with van der Waals surface area (Å²) in [4.78, 5) is 8.51. The number of aryl methyl sites for hydroxylation is 1. The second-order valence-corrected chi connectivity index (χ2v) is 8.33. The number of hydrogen-bond acceptors (Lipinski definition) is 6. The topological polar surface area (TPSA) is 98.2 Å². The third kappa shape index (κ3) is 4.07. The van der Waals surface area contributed by atoms with E-state index in [1.165, 1.54) is 12.4 Å². The number of benzene rings is 2. The quantitative estimate of drug-likeness (QED) is 0.407. The number of rotatable bonds is 3. The lowest BCUT2D eigenvalue weighted by Gasteiger charge is -2.27. The van der Waals surface area contributed by atoms with Crippen LogP contribution in [0.2, 0.25) is 0 Å². The number of aromatic nitrogens is 3. The normalized spacial score (nSPS) is 15.0. The molecule has 0 amide bonds. The molecule has 3 heterocycles. The van der Waals surface area contributed by atoms with Gasteiger partial charge in [-0.25, -0.2) is 14.4 Å². The zero-order chi connectivity index (χ0) is 23.7. The molecule has 0 saturated carbocycles. The van der Waals surface area contributed by atoms with E-state index < -0.39 is 11.4 Å². The van der Waals surface area contributed by atoms with Crippen molar-refractivity contribution < 1.29 is 14.2 Å². The number of para-hydroxylation sites is 1. The Balaban J connectivity index is 1.63. The number of nitrogens with one attached hydrogen (secondary N) is 1. The Labute approximate surface area is 196 Å². The van der Waals surface area contributed by atoms with Crippen LogP contribution in [0.3, 0.4) is 0 Å². The van der Waals surface area contributed by atoms with E-state index in [1.54, 1.807) is 28.8 Å². The Morgan fingerprint density at radius 3 is 2.65 bits per heavy atom. The summed E-state index contributed by atoms with van der Waals surface area (Å²) in [5, 5.41) is 14.7. The lowest BCUT2D eigenvalue weighted by Crippen LogP contribution is -2.40. The lowest BCUT2D eigenvalue weighted by molar-refractivity contribution is 0.0679. The molecule has 4 N–H and O–H groups in total. The molecule has 0 aliphatic carbocycles. The van der Waals surface area contributed by atoms with Crippen molar-refractivity contribution in [2.75, 3.05) is 18.8 Å². The number of nitrogens with zero attached hydrogens (tertiary/aromatic N) is 3. The van der Waals surface area contributed by atoms with Gasteiger partial charge in [-0.15, -0.1) is 0 Å². The first-order valence-electron chi connectivity index (χ1n) is 11.0. The SMILES string of the molecule is Cn1c(C#CC2(O)CCNCC2)c(-c2ccc(Oc3ccccc3)c(F)c2)c2c(N)ncnc21. The van der Waals surface area contributed by atoms with Crippen molar-refractivity contribution in [1.82, 2.24) is 19.9 Å². The van der Waals surface area contributed by atoms with Gasteiger partial charge in [-0.1, -0.05) is 30.2 Å². The summed E-state index contributed by atoms with van der Waals surface area (Å²) in [6.07, 6.45) is 2.44. The summed E-state index contributed by atoms with van der Waals surface area (Å²) >= 11 is 0. The van der Waals surface area contributed by atoms with E-state index in [0.29, 0.717) is 59.5 Å². The molecule has 0 bridgehead atoms. The Morgan fingerprint density at radius 1 is 1.15 bits per heavy atom. The van der Waals surface area contributed by atoms with Gasteiger partial charge in [0, 0.05) is 12.6 Å². The number of hydrogen-bond donors (Lipinski definition) is 3. The van der Waals surface area contributed by atoms with Crippen molar-refractivity contribution in [2.24, 2.45) is 7.05 Å². The minimum Gasteiger partial charge on any atom is -0.454 e. The number of nitrogen functional groups attached to an aromatic ring is 1. The molecule has 34 heavy (non-hydrogen) atoms. The van der Waals surface area contributed by atoms with Crippen LogP contribution in [0.15, 0.2) is 54.9 Å². The monoisotopic (exact) mass is 457 g/mol. The van der Waals surface area contributed by atoms with Crippen molar-refractivity contribution in [2.45, 2.75) is 18.4 Å². The number of piperidine rings is 1. The smallest absolute Gasteiger partial charge is 0.166 e. The molecule has 1 saturated heterocycles. The Hall–Kier alpha value is -3.93. The average molecular weight is 458 g/mol. The molecule has 0 spiro atoms. The van der Waals surface area contributed by atoms with Crippen LogP contribution in [0.5, 0.6) is 11.5 Å². The van der Waals surface area contributed by atoms with Crippen molar-refractivity contribution in [3.8, 4) is 34.5 Å². The fourth-order valence-electron chi connectivity index (χ4n) is 4.20. The minimum absolute atomic E-state index is 0.107. The fraction of sp³-hybridized carbons (Fsp3) is 0.231. The highest BCUT2D eigenvalue weighted by molar-refractivity contribution is 6.03. The van der Waals surface area contributed by atoms with Crippen LogP contribution in [-0.2, 0) is 7.05 Å². The third-order valence-electron chi connectivity index (χ3n) is 6.03. The van der Waals surface area contributed by atoms with Crippen LogP contribution in [-0.4, -0.2) is 38.3 Å². The van der Waals surface area contributed by atoms with Gasteiger partial charge >= 0.3 is 0 Å². The third-order valence-corrected chi connectivity index (χ3v) is 6.03. The first-order chi connectivity index (χ1) is 16.5. The molecule has 1 fully saturated rings. The van der Waals surface area contributed by atoms with E-state index in [9.17, 15) is 5.11 Å². The Kier molecular flexibility index (Phi) is 5.65. The van der Waals surface area contributed by atoms with E-state index in [2.05, 4.69) is 27.1 Å². The summed E-state index contributed by atoms with van der Waals surface area (Å²) < 4.78 is 22.6. The van der Waals surface area contributed by atoms with Crippen molar-refractivity contribution in [1.29, 1.82) is 0 Å². The summed E-state index contributed by atoms with van der Waals surface area (Å²) in [5.41, 5.74) is 7.46. The predicted molar refractivity (Wildman–Crippen MR) is 129 cm³/mol. The molecule has 0 unspecified atom stereocenters. The van der Waals surface area contributed by atoms with Crippen LogP contribution in [0.25, 0.3) is 22.2 Å². The van der Waals surface area contributed by atoms with Crippen LogP contribution in [0, 0.1) is 17.7 Å². The highest BCUT2D eigenvalue weighted by Crippen LogP contribution is 2.38. The average Bonchev–Trinajstić information content (AvgIpc) is 3.13. The number of aliphatic hydroxyl groups is 1. The summed E-state index contributed by atoms with van der Waals surface area (Å²) in [5.74, 6) is 6.58. The number of nitrogens with two attached hydrogens (primary N) is 1. The molecule has 0 radical (unpaired) electrons. The second kappa shape index (κ2) is 8.78. The van der Waals surface area contributed by atoms with Gasteiger partial charge in [0.2, 0.25) is 0 Å². The zero-order valence-corrected chi connectivity index (χ0v) is 18.7. The molecule has 2 aromatic carbocycles. The molecule has 1 aliphatic rings. The van der Waals surface area contributed by atoms with Crippen LogP contribution in [0.1, 0.15) is 18.5 Å². The number of anilines is 1. The van der Waals surface area contributed by atoms with Crippen LogP contribution < -0.4 is 15.8 Å². The molecular weight excluding hydrogens is 433 g/mol. The van der Waals surface area contributed by atoms with Crippen molar-refractivity contribution in [3.05, 3.63) is 66.4 Å². The van der Waals surface area contributed by atoms with Gasteiger partial charge in [-0.05, 0) is 61.7 Å². The van der Waals surface area contributed by atoms with Gasteiger partial charge < -0.3 is 25.5 Å². The van der Waals surface area contributed by atoms with Gasteiger partial charge in [0.05, 0.1) is 5.39 Å². The summed E-state index contributed by atoms with van der Waals surface area (Å²) in [6, 6.07) is 13.8. The largest absolute Gasteiger partial charge is 0.454 e. The summed E-state index contributed by atoms with van der Waals surface area (Å²) in [7, 11) is 1.82. The number of ether oxygens (including phenoxy) is 1. The highest BCUT2D eigenvalue weighted by atomic mass is 19.1. The predicted octanol–water partition coefficient (Wildman–Crippen LogP) is 3.61. The van der Waals surface area contributed by atoms with Gasteiger partial charge in [0.25, 0.3) is 0 Å². The molecule has 4 aromatic rings. The maximum absolute atomic E-state index is 15.1. The summed E-state index contributed by atoms with van der Waals surface area (Å²) in [6.45, 7) is 1.39. The molecular formula is C26H24FN5O2. The Bertz CT molecular complexity index is 1420. The van der Waals surface area contributed by atoms with Crippen LogP contribution in [0.4, 0.5) is 10.2 Å². The van der Waals surface area contributed by atoms with Gasteiger partial charge in [-0.2, -0.15) is 0 Å². The first-order valence-corrected chi connectivity index (χ1v) is 11.0. The fourth-order valence-corrected chi connectivity index (χ4v) is 4.20. The van der Waals surface area contributed by atoms with Crippen LogP contribution >= 0.6 is 0 Å². The molecule has 172 valence electrons. The van der Waals surface area contributed by atoms with Gasteiger partial charge in [0.1, 0.15) is 34.8 Å². The minimum atomic E-state index is -1.09. The maximum atomic E-state index is 15.1.